The zero-order valence-corrected chi connectivity index (χ0v) is 17.0. The smallest absolute Gasteiger partial charge is 0.196 e. The van der Waals surface area contributed by atoms with Crippen molar-refractivity contribution in [3.8, 4) is 22.1 Å². The van der Waals surface area contributed by atoms with Crippen molar-refractivity contribution >= 4 is 29.2 Å². The van der Waals surface area contributed by atoms with Crippen LogP contribution >= 0.6 is 23.1 Å². The molecular formula is C22H19N3OS2. The fraction of sp³-hybridized carbons (Fsp3) is 0.0909. The summed E-state index contributed by atoms with van der Waals surface area (Å²) < 4.78 is 7.39. The monoisotopic (exact) mass is 405 g/mol. The van der Waals surface area contributed by atoms with E-state index in [0.717, 1.165) is 33.0 Å². The van der Waals surface area contributed by atoms with Gasteiger partial charge in [-0.3, -0.25) is 4.57 Å². The summed E-state index contributed by atoms with van der Waals surface area (Å²) in [7, 11) is 1.67. The Balaban J connectivity index is 1.60. The van der Waals surface area contributed by atoms with Gasteiger partial charge in [0.1, 0.15) is 5.75 Å². The highest BCUT2D eigenvalue weighted by Crippen LogP contribution is 2.31. The molecule has 6 heteroatoms. The summed E-state index contributed by atoms with van der Waals surface area (Å²) in [6.45, 7) is 0. The van der Waals surface area contributed by atoms with Crippen LogP contribution < -0.4 is 4.74 Å². The van der Waals surface area contributed by atoms with Gasteiger partial charge < -0.3 is 4.74 Å². The number of rotatable bonds is 7. The summed E-state index contributed by atoms with van der Waals surface area (Å²) >= 11 is 3.33. The zero-order valence-electron chi connectivity index (χ0n) is 15.4. The van der Waals surface area contributed by atoms with Crippen molar-refractivity contribution < 1.29 is 4.74 Å². The van der Waals surface area contributed by atoms with Crippen molar-refractivity contribution in [2.75, 3.05) is 12.9 Å². The minimum Gasteiger partial charge on any atom is -0.497 e. The largest absolute Gasteiger partial charge is 0.497 e. The van der Waals surface area contributed by atoms with Crippen molar-refractivity contribution in [1.82, 2.24) is 14.8 Å². The molecule has 0 bridgehead atoms. The highest BCUT2D eigenvalue weighted by atomic mass is 32.2. The molecule has 0 amide bonds. The Kier molecular flexibility index (Phi) is 5.89. The summed E-state index contributed by atoms with van der Waals surface area (Å²) in [5, 5.41) is 11.8. The second kappa shape index (κ2) is 8.91. The van der Waals surface area contributed by atoms with E-state index in [4.69, 9.17) is 4.74 Å². The molecule has 2 aromatic carbocycles. The lowest BCUT2D eigenvalue weighted by Gasteiger charge is -2.10. The van der Waals surface area contributed by atoms with Gasteiger partial charge in [-0.05, 0) is 41.3 Å². The van der Waals surface area contributed by atoms with Gasteiger partial charge in [0, 0.05) is 5.75 Å². The predicted molar refractivity (Wildman–Crippen MR) is 117 cm³/mol. The van der Waals surface area contributed by atoms with Gasteiger partial charge in [0.05, 0.1) is 17.7 Å². The second-order valence-electron chi connectivity index (χ2n) is 5.94. The molecule has 0 aliphatic carbocycles. The van der Waals surface area contributed by atoms with Crippen molar-refractivity contribution in [2.24, 2.45) is 0 Å². The van der Waals surface area contributed by atoms with Gasteiger partial charge in [-0.1, -0.05) is 60.3 Å². The van der Waals surface area contributed by atoms with Gasteiger partial charge in [0.25, 0.3) is 0 Å². The molecule has 0 aliphatic heterocycles. The third-order valence-electron chi connectivity index (χ3n) is 4.12. The fourth-order valence-corrected chi connectivity index (χ4v) is 4.22. The van der Waals surface area contributed by atoms with Crippen molar-refractivity contribution in [2.45, 2.75) is 5.16 Å². The molecule has 4 nitrogen and oxygen atoms in total. The van der Waals surface area contributed by atoms with E-state index in [2.05, 4.69) is 50.5 Å². The molecule has 0 atom stereocenters. The molecule has 0 unspecified atom stereocenters. The number of thiophene rings is 1. The summed E-state index contributed by atoms with van der Waals surface area (Å²) in [5.74, 6) is 2.50. The van der Waals surface area contributed by atoms with E-state index < -0.39 is 0 Å². The summed E-state index contributed by atoms with van der Waals surface area (Å²) in [4.78, 5) is 1.09. The molecule has 4 rings (SSSR count). The molecule has 2 aromatic heterocycles. The number of benzene rings is 2. The number of hydrogen-bond donors (Lipinski definition) is 0. The van der Waals surface area contributed by atoms with Gasteiger partial charge in [-0.25, -0.2) is 0 Å². The molecule has 28 heavy (non-hydrogen) atoms. The van der Waals surface area contributed by atoms with Crippen LogP contribution in [-0.2, 0) is 0 Å². The van der Waals surface area contributed by atoms with E-state index in [-0.39, 0.29) is 0 Å². The van der Waals surface area contributed by atoms with Gasteiger partial charge >= 0.3 is 0 Å². The Hall–Kier alpha value is -2.83. The van der Waals surface area contributed by atoms with Crippen LogP contribution in [0.25, 0.3) is 22.5 Å². The number of hydrogen-bond acceptors (Lipinski definition) is 5. The highest BCUT2D eigenvalue weighted by molar-refractivity contribution is 7.99. The van der Waals surface area contributed by atoms with E-state index in [9.17, 15) is 0 Å². The number of thioether (sulfide) groups is 1. The molecule has 140 valence electrons. The lowest BCUT2D eigenvalue weighted by Crippen LogP contribution is -1.99. The maximum absolute atomic E-state index is 5.29. The Morgan fingerprint density at radius 3 is 2.54 bits per heavy atom. The van der Waals surface area contributed by atoms with Crippen molar-refractivity contribution in [3.05, 3.63) is 83.7 Å². The number of aromatic nitrogens is 3. The second-order valence-corrected chi connectivity index (χ2v) is 7.88. The third kappa shape index (κ3) is 4.18. The first kappa shape index (κ1) is 18.5. The summed E-state index contributed by atoms with van der Waals surface area (Å²) in [6, 6.07) is 22.4. The van der Waals surface area contributed by atoms with Gasteiger partial charge in [0.2, 0.25) is 0 Å². The van der Waals surface area contributed by atoms with Crippen LogP contribution in [0.2, 0.25) is 0 Å². The van der Waals surface area contributed by atoms with Crippen LogP contribution in [0.1, 0.15) is 5.56 Å². The molecule has 4 aromatic rings. The molecule has 0 saturated heterocycles. The first-order chi connectivity index (χ1) is 13.8. The Morgan fingerprint density at radius 1 is 1.00 bits per heavy atom. The van der Waals surface area contributed by atoms with E-state index in [1.807, 2.05) is 48.5 Å². The van der Waals surface area contributed by atoms with E-state index in [0.29, 0.717) is 0 Å². The van der Waals surface area contributed by atoms with Crippen molar-refractivity contribution in [3.63, 3.8) is 0 Å². The van der Waals surface area contributed by atoms with Crippen LogP contribution in [0.15, 0.2) is 83.3 Å². The molecular weight excluding hydrogens is 386 g/mol. The van der Waals surface area contributed by atoms with Crippen LogP contribution in [0.5, 0.6) is 5.75 Å². The molecule has 0 radical (unpaired) electrons. The number of nitrogens with zero attached hydrogens (tertiary/aromatic N) is 3. The van der Waals surface area contributed by atoms with Gasteiger partial charge in [-0.2, -0.15) is 0 Å². The lowest BCUT2D eigenvalue weighted by atomic mass is 10.2. The van der Waals surface area contributed by atoms with Crippen molar-refractivity contribution in [1.29, 1.82) is 0 Å². The molecule has 0 fully saturated rings. The summed E-state index contributed by atoms with van der Waals surface area (Å²) in [6.07, 6.45) is 4.28. The van der Waals surface area contributed by atoms with Crippen LogP contribution in [0.3, 0.4) is 0 Å². The van der Waals surface area contributed by atoms with Gasteiger partial charge in [-0.15, -0.1) is 21.5 Å². The summed E-state index contributed by atoms with van der Waals surface area (Å²) in [5.41, 5.74) is 2.21. The average molecular weight is 406 g/mol. The predicted octanol–water partition coefficient (Wildman–Crippen LogP) is 5.81. The minimum atomic E-state index is 0.813. The molecule has 2 heterocycles. The van der Waals surface area contributed by atoms with Crippen LogP contribution in [0.4, 0.5) is 0 Å². The Bertz CT molecular complexity index is 1040. The molecule has 0 spiro atoms. The molecule has 0 N–H and O–H groups in total. The Morgan fingerprint density at radius 2 is 1.82 bits per heavy atom. The standard InChI is InChI=1S/C22H19N3OS2/c1-26-19-13-11-18(12-14-19)25-21(20-10-6-15-27-20)23-24-22(25)28-16-5-9-17-7-3-2-4-8-17/h2-15H,16H2,1H3. The van der Waals surface area contributed by atoms with E-state index in [1.165, 1.54) is 5.56 Å². The highest BCUT2D eigenvalue weighted by Gasteiger charge is 2.16. The van der Waals surface area contributed by atoms with Gasteiger partial charge in [0.15, 0.2) is 11.0 Å². The maximum Gasteiger partial charge on any atom is 0.196 e. The van der Waals surface area contributed by atoms with Crippen LogP contribution in [-0.4, -0.2) is 27.6 Å². The van der Waals surface area contributed by atoms with Crippen LogP contribution in [0, 0.1) is 0 Å². The van der Waals surface area contributed by atoms with E-state index >= 15 is 0 Å². The Labute approximate surface area is 172 Å². The maximum atomic E-state index is 5.29. The third-order valence-corrected chi connectivity index (χ3v) is 5.87. The fourth-order valence-electron chi connectivity index (χ4n) is 2.76. The first-order valence-electron chi connectivity index (χ1n) is 8.83. The SMILES string of the molecule is COc1ccc(-n2c(SCC=Cc3ccccc3)nnc2-c2cccs2)cc1. The average Bonchev–Trinajstić information content (AvgIpc) is 3.42. The quantitative estimate of drug-likeness (QED) is 0.364. The number of ether oxygens (including phenoxy) is 1. The molecule has 0 saturated carbocycles. The first-order valence-corrected chi connectivity index (χ1v) is 10.7. The zero-order chi connectivity index (χ0) is 19.2. The minimum absolute atomic E-state index is 0.813. The number of methoxy groups -OCH3 is 1. The van der Waals surface area contributed by atoms with E-state index in [1.54, 1.807) is 30.2 Å². The topological polar surface area (TPSA) is 39.9 Å². The lowest BCUT2D eigenvalue weighted by molar-refractivity contribution is 0.414. The normalized spacial score (nSPS) is 11.2. The molecule has 0 aliphatic rings.